The van der Waals surface area contributed by atoms with Gasteiger partial charge in [0.2, 0.25) is 5.91 Å². The van der Waals surface area contributed by atoms with Crippen LogP contribution in [0.1, 0.15) is 29.8 Å². The number of rotatable bonds is 6. The van der Waals surface area contributed by atoms with Gasteiger partial charge in [-0.2, -0.15) is 10.2 Å². The smallest absolute Gasteiger partial charge is 0.225 e. The van der Waals surface area contributed by atoms with Crippen molar-refractivity contribution in [2.75, 3.05) is 25.1 Å². The number of piperidine rings is 1. The van der Waals surface area contributed by atoms with Crippen molar-refractivity contribution in [2.45, 2.75) is 33.2 Å². The zero-order chi connectivity index (χ0) is 24.4. The summed E-state index contributed by atoms with van der Waals surface area (Å²) in [5, 5.41) is 18.1. The molecule has 0 bridgehead atoms. The summed E-state index contributed by atoms with van der Waals surface area (Å²) in [6.07, 6.45) is 1.78. The average molecular weight is 471 g/mol. The van der Waals surface area contributed by atoms with Crippen LogP contribution in [0.3, 0.4) is 0 Å². The lowest BCUT2D eigenvalue weighted by Crippen LogP contribution is -2.43. The number of hydrogen-bond donors (Lipinski definition) is 1. The highest BCUT2D eigenvalue weighted by atomic mass is 16.5. The fourth-order valence-corrected chi connectivity index (χ4v) is 4.81. The Morgan fingerprint density at radius 1 is 1.09 bits per heavy atom. The minimum atomic E-state index is -0.101. The molecule has 1 atom stereocenters. The van der Waals surface area contributed by atoms with Crippen LogP contribution in [0.15, 0.2) is 54.6 Å². The number of anilines is 1. The molecule has 2 aromatic heterocycles. The van der Waals surface area contributed by atoms with Gasteiger partial charge in [-0.1, -0.05) is 30.3 Å². The molecule has 3 heterocycles. The number of carbonyl (C=O) groups excluding carboxylic acids is 1. The Bertz CT molecular complexity index is 1330. The molecule has 1 amide bonds. The lowest BCUT2D eigenvalue weighted by atomic mass is 9.97. The van der Waals surface area contributed by atoms with Gasteiger partial charge in [-0.3, -0.25) is 4.79 Å². The van der Waals surface area contributed by atoms with E-state index in [4.69, 9.17) is 9.84 Å². The van der Waals surface area contributed by atoms with Crippen LogP contribution in [0.25, 0.3) is 16.6 Å². The summed E-state index contributed by atoms with van der Waals surface area (Å²) in [5.41, 5.74) is 4.71. The van der Waals surface area contributed by atoms with E-state index in [0.717, 1.165) is 64.5 Å². The molecule has 1 saturated heterocycles. The highest BCUT2D eigenvalue weighted by Gasteiger charge is 2.29. The number of nitrogens with one attached hydrogen (secondary N) is 1. The van der Waals surface area contributed by atoms with Crippen LogP contribution in [0.4, 0.5) is 5.82 Å². The molecule has 8 nitrogen and oxygen atoms in total. The third-order valence-corrected chi connectivity index (χ3v) is 6.70. The van der Waals surface area contributed by atoms with Crippen molar-refractivity contribution in [3.63, 3.8) is 0 Å². The molecule has 0 radical (unpaired) electrons. The van der Waals surface area contributed by atoms with Crippen molar-refractivity contribution in [3.05, 3.63) is 71.5 Å². The van der Waals surface area contributed by atoms with Gasteiger partial charge in [0.25, 0.3) is 0 Å². The van der Waals surface area contributed by atoms with Gasteiger partial charge in [-0.05, 0) is 56.5 Å². The van der Waals surface area contributed by atoms with Crippen molar-refractivity contribution >= 4 is 22.6 Å². The first-order chi connectivity index (χ1) is 17.0. The molecule has 180 valence electrons. The van der Waals surface area contributed by atoms with E-state index < -0.39 is 0 Å². The van der Waals surface area contributed by atoms with Gasteiger partial charge >= 0.3 is 0 Å². The molecule has 0 spiro atoms. The maximum absolute atomic E-state index is 13.0. The van der Waals surface area contributed by atoms with E-state index in [0.29, 0.717) is 13.1 Å². The molecule has 5 rings (SSSR count). The Morgan fingerprint density at radius 3 is 2.60 bits per heavy atom. The lowest BCUT2D eigenvalue weighted by molar-refractivity contribution is -0.125. The van der Waals surface area contributed by atoms with E-state index >= 15 is 0 Å². The second-order valence-corrected chi connectivity index (χ2v) is 9.02. The van der Waals surface area contributed by atoms with Crippen LogP contribution in [0.5, 0.6) is 5.75 Å². The van der Waals surface area contributed by atoms with Crippen LogP contribution >= 0.6 is 0 Å². The summed E-state index contributed by atoms with van der Waals surface area (Å²) in [5.74, 6) is 1.51. The molecule has 35 heavy (non-hydrogen) atoms. The van der Waals surface area contributed by atoms with E-state index in [2.05, 4.69) is 20.4 Å². The van der Waals surface area contributed by atoms with Crippen molar-refractivity contribution in [2.24, 2.45) is 5.92 Å². The minimum Gasteiger partial charge on any atom is -0.497 e. The Hall–Kier alpha value is -3.94. The fourth-order valence-electron chi connectivity index (χ4n) is 4.81. The highest BCUT2D eigenvalue weighted by molar-refractivity contribution is 5.92. The highest BCUT2D eigenvalue weighted by Crippen LogP contribution is 2.32. The second-order valence-electron chi connectivity index (χ2n) is 9.02. The number of methoxy groups -OCH3 is 1. The van der Waals surface area contributed by atoms with Crippen molar-refractivity contribution < 1.29 is 9.53 Å². The van der Waals surface area contributed by atoms with Crippen LogP contribution in [-0.2, 0) is 11.3 Å². The van der Waals surface area contributed by atoms with E-state index in [9.17, 15) is 4.79 Å². The number of nitrogens with zero attached hydrogens (tertiary/aromatic N) is 5. The Kier molecular flexibility index (Phi) is 6.35. The van der Waals surface area contributed by atoms with Gasteiger partial charge < -0.3 is 15.0 Å². The predicted molar refractivity (Wildman–Crippen MR) is 136 cm³/mol. The molecule has 1 fully saturated rings. The minimum absolute atomic E-state index is 0.0785. The van der Waals surface area contributed by atoms with Crippen LogP contribution in [0, 0.1) is 19.8 Å². The van der Waals surface area contributed by atoms with Gasteiger partial charge in [-0.15, -0.1) is 5.10 Å². The maximum Gasteiger partial charge on any atom is 0.225 e. The number of amides is 1. The van der Waals surface area contributed by atoms with Gasteiger partial charge in [0.1, 0.15) is 11.3 Å². The standard InChI is InChI=1S/C27H30N6O2/c1-18-24-19(2)33(22-11-13-23(35-3)14-12-22)31-25(24)26(30-29-18)32-15-7-10-21(17-32)27(34)28-16-20-8-5-4-6-9-20/h4-6,8-9,11-14,21H,7,10,15-17H2,1-3H3,(H,28,34)/t21-/m1/s1. The van der Waals surface area contributed by atoms with E-state index in [1.807, 2.05) is 73.1 Å². The molecule has 1 N–H and O–H groups in total. The summed E-state index contributed by atoms with van der Waals surface area (Å²) < 4.78 is 7.22. The largest absolute Gasteiger partial charge is 0.497 e. The van der Waals surface area contributed by atoms with E-state index in [-0.39, 0.29) is 11.8 Å². The summed E-state index contributed by atoms with van der Waals surface area (Å²) in [6.45, 7) is 5.97. The number of carbonyl (C=O) groups is 1. The van der Waals surface area contributed by atoms with Gasteiger partial charge in [0.05, 0.1) is 35.5 Å². The Balaban J connectivity index is 1.40. The number of hydrogen-bond acceptors (Lipinski definition) is 6. The number of fused-ring (bicyclic) bond motifs is 1. The molecule has 1 aliphatic rings. The molecule has 0 unspecified atom stereocenters. The normalized spacial score (nSPS) is 15.9. The van der Waals surface area contributed by atoms with E-state index in [1.165, 1.54) is 0 Å². The third kappa shape index (κ3) is 4.56. The number of aryl methyl sites for hydroxylation is 2. The van der Waals surface area contributed by atoms with E-state index in [1.54, 1.807) is 7.11 Å². The van der Waals surface area contributed by atoms with Crippen LogP contribution in [0.2, 0.25) is 0 Å². The first kappa shape index (κ1) is 22.8. The Morgan fingerprint density at radius 2 is 1.86 bits per heavy atom. The first-order valence-electron chi connectivity index (χ1n) is 12.0. The van der Waals surface area contributed by atoms with Gasteiger partial charge in [-0.25, -0.2) is 4.68 Å². The molecule has 2 aromatic carbocycles. The summed E-state index contributed by atoms with van der Waals surface area (Å²) in [6, 6.07) is 17.8. The molecule has 1 aliphatic heterocycles. The zero-order valence-corrected chi connectivity index (χ0v) is 20.4. The topological polar surface area (TPSA) is 85.2 Å². The zero-order valence-electron chi connectivity index (χ0n) is 20.4. The van der Waals surface area contributed by atoms with Gasteiger partial charge in [0.15, 0.2) is 5.82 Å². The molecule has 0 aliphatic carbocycles. The number of benzene rings is 2. The number of ether oxygens (including phenoxy) is 1. The van der Waals surface area contributed by atoms with Crippen molar-refractivity contribution in [1.29, 1.82) is 0 Å². The monoisotopic (exact) mass is 470 g/mol. The molecule has 4 aromatic rings. The SMILES string of the molecule is COc1ccc(-n2nc3c(N4CCC[C@@H](C(=O)NCc5ccccc5)C4)nnc(C)c3c2C)cc1. The molecular formula is C27H30N6O2. The van der Waals surface area contributed by atoms with Crippen molar-refractivity contribution in [1.82, 2.24) is 25.3 Å². The van der Waals surface area contributed by atoms with Crippen LogP contribution in [-0.4, -0.2) is 46.1 Å². The summed E-state index contributed by atoms with van der Waals surface area (Å²) in [4.78, 5) is 15.1. The second kappa shape index (κ2) is 9.74. The average Bonchev–Trinajstić information content (AvgIpc) is 3.26. The third-order valence-electron chi connectivity index (χ3n) is 6.70. The molecular weight excluding hydrogens is 440 g/mol. The first-order valence-corrected chi connectivity index (χ1v) is 12.0. The molecule has 0 saturated carbocycles. The fraction of sp³-hybridized carbons (Fsp3) is 0.333. The lowest BCUT2D eigenvalue weighted by Gasteiger charge is -2.32. The summed E-state index contributed by atoms with van der Waals surface area (Å²) in [7, 11) is 1.66. The van der Waals surface area contributed by atoms with Gasteiger partial charge in [0, 0.05) is 19.6 Å². The van der Waals surface area contributed by atoms with Crippen molar-refractivity contribution in [3.8, 4) is 11.4 Å². The Labute approximate surface area is 204 Å². The molecule has 8 heteroatoms. The predicted octanol–water partition coefficient (Wildman–Crippen LogP) is 3.97. The quantitative estimate of drug-likeness (QED) is 0.459. The van der Waals surface area contributed by atoms with Crippen LogP contribution < -0.4 is 15.0 Å². The summed E-state index contributed by atoms with van der Waals surface area (Å²) >= 11 is 0. The number of aromatic nitrogens is 4. The maximum atomic E-state index is 13.0.